The number of rotatable bonds is 8. The molecule has 0 heterocycles. The molecule has 4 heteroatoms. The molecule has 0 aromatic carbocycles. The van der Waals surface area contributed by atoms with Crippen molar-refractivity contribution in [1.29, 1.82) is 0 Å². The average molecular weight is 230 g/mol. The Morgan fingerprint density at radius 2 is 1.81 bits per heavy atom. The van der Waals surface area contributed by atoms with Gasteiger partial charge in [0.2, 0.25) is 5.91 Å². The van der Waals surface area contributed by atoms with Gasteiger partial charge in [-0.1, -0.05) is 13.8 Å². The van der Waals surface area contributed by atoms with Gasteiger partial charge in [-0.15, -0.1) is 0 Å². The highest BCUT2D eigenvalue weighted by Gasteiger charge is 2.17. The lowest BCUT2D eigenvalue weighted by Crippen LogP contribution is -2.48. The number of carbonyl (C=O) groups is 1. The van der Waals surface area contributed by atoms with Gasteiger partial charge in [0.1, 0.15) is 0 Å². The summed E-state index contributed by atoms with van der Waals surface area (Å²) in [5, 5.41) is 14.9. The number of nitrogens with one attached hydrogen (secondary N) is 2. The quantitative estimate of drug-likeness (QED) is 0.584. The molecule has 4 nitrogen and oxygen atoms in total. The number of carbonyl (C=O) groups excluding carboxylic acids is 1. The average Bonchev–Trinajstić information content (AvgIpc) is 2.25. The fraction of sp³-hybridized carbons (Fsp3) is 0.917. The second kappa shape index (κ2) is 8.53. The first kappa shape index (κ1) is 15.4. The van der Waals surface area contributed by atoms with Crippen molar-refractivity contribution in [3.8, 4) is 0 Å². The predicted octanol–water partition coefficient (Wildman–Crippen LogP) is 1.04. The Labute approximate surface area is 98.8 Å². The summed E-state index contributed by atoms with van der Waals surface area (Å²) in [6.07, 6.45) is 2.59. The van der Waals surface area contributed by atoms with Gasteiger partial charge < -0.3 is 15.7 Å². The molecule has 1 amide bonds. The van der Waals surface area contributed by atoms with Gasteiger partial charge in [-0.2, -0.15) is 0 Å². The molecule has 2 atom stereocenters. The third-order valence-corrected chi connectivity index (χ3v) is 2.82. The summed E-state index contributed by atoms with van der Waals surface area (Å²) in [6, 6.07) is 0.222. The van der Waals surface area contributed by atoms with E-state index < -0.39 is 0 Å². The molecule has 0 saturated carbocycles. The summed E-state index contributed by atoms with van der Waals surface area (Å²) in [7, 11) is 0. The molecule has 16 heavy (non-hydrogen) atoms. The minimum absolute atomic E-state index is 0.0403. The van der Waals surface area contributed by atoms with E-state index >= 15 is 0 Å². The monoisotopic (exact) mass is 230 g/mol. The van der Waals surface area contributed by atoms with Gasteiger partial charge in [0, 0.05) is 18.7 Å². The lowest BCUT2D eigenvalue weighted by atomic mass is 10.1. The van der Waals surface area contributed by atoms with Crippen LogP contribution in [0, 0.1) is 0 Å². The van der Waals surface area contributed by atoms with E-state index in [9.17, 15) is 4.79 Å². The van der Waals surface area contributed by atoms with Crippen molar-refractivity contribution in [2.75, 3.05) is 6.61 Å². The van der Waals surface area contributed by atoms with Gasteiger partial charge in [0.15, 0.2) is 0 Å². The molecule has 0 aromatic heterocycles. The van der Waals surface area contributed by atoms with E-state index in [0.717, 1.165) is 12.8 Å². The highest BCUT2D eigenvalue weighted by Crippen LogP contribution is 1.98. The topological polar surface area (TPSA) is 61.4 Å². The molecule has 0 aliphatic rings. The standard InChI is InChI=1S/C12H26N2O2/c1-5-11(6-2)14-12(16)10(4)13-9(3)7-8-15/h9-11,13,15H,5-8H2,1-4H3,(H,14,16). The van der Waals surface area contributed by atoms with Crippen molar-refractivity contribution in [2.24, 2.45) is 0 Å². The summed E-state index contributed by atoms with van der Waals surface area (Å²) in [6.45, 7) is 8.11. The van der Waals surface area contributed by atoms with E-state index in [1.54, 1.807) is 0 Å². The van der Waals surface area contributed by atoms with Gasteiger partial charge in [-0.25, -0.2) is 0 Å². The SMILES string of the molecule is CCC(CC)NC(=O)C(C)NC(C)CCO. The van der Waals surface area contributed by atoms with Crippen LogP contribution >= 0.6 is 0 Å². The fourth-order valence-electron chi connectivity index (χ4n) is 1.60. The van der Waals surface area contributed by atoms with Gasteiger partial charge in [0.05, 0.1) is 6.04 Å². The molecule has 96 valence electrons. The Balaban J connectivity index is 3.97. The van der Waals surface area contributed by atoms with Crippen LogP contribution in [-0.2, 0) is 4.79 Å². The van der Waals surface area contributed by atoms with E-state index in [-0.39, 0.29) is 30.6 Å². The van der Waals surface area contributed by atoms with E-state index in [0.29, 0.717) is 6.42 Å². The first-order chi connectivity index (χ1) is 7.54. The molecular weight excluding hydrogens is 204 g/mol. The Kier molecular flexibility index (Phi) is 8.21. The zero-order valence-electron chi connectivity index (χ0n) is 10.9. The van der Waals surface area contributed by atoms with Crippen LogP contribution in [0.4, 0.5) is 0 Å². The van der Waals surface area contributed by atoms with Crippen molar-refractivity contribution < 1.29 is 9.90 Å². The van der Waals surface area contributed by atoms with Crippen molar-refractivity contribution >= 4 is 5.91 Å². The maximum Gasteiger partial charge on any atom is 0.237 e. The lowest BCUT2D eigenvalue weighted by molar-refractivity contribution is -0.123. The molecule has 2 unspecified atom stereocenters. The summed E-state index contributed by atoms with van der Waals surface area (Å²) in [5.74, 6) is 0.0403. The van der Waals surface area contributed by atoms with Gasteiger partial charge in [0.25, 0.3) is 0 Å². The van der Waals surface area contributed by atoms with Crippen molar-refractivity contribution in [2.45, 2.75) is 65.1 Å². The summed E-state index contributed by atoms with van der Waals surface area (Å²) < 4.78 is 0. The maximum atomic E-state index is 11.8. The van der Waals surface area contributed by atoms with Crippen LogP contribution in [0.25, 0.3) is 0 Å². The Morgan fingerprint density at radius 1 is 1.25 bits per heavy atom. The molecule has 0 fully saturated rings. The second-order valence-corrected chi connectivity index (χ2v) is 4.32. The zero-order chi connectivity index (χ0) is 12.6. The first-order valence-corrected chi connectivity index (χ1v) is 6.22. The van der Waals surface area contributed by atoms with Gasteiger partial charge >= 0.3 is 0 Å². The largest absolute Gasteiger partial charge is 0.396 e. The third-order valence-electron chi connectivity index (χ3n) is 2.82. The summed E-state index contributed by atoms with van der Waals surface area (Å²) >= 11 is 0. The molecule has 0 saturated heterocycles. The fourth-order valence-corrected chi connectivity index (χ4v) is 1.60. The Bertz CT molecular complexity index is 193. The van der Waals surface area contributed by atoms with E-state index in [1.807, 2.05) is 13.8 Å². The van der Waals surface area contributed by atoms with Crippen LogP contribution in [0.3, 0.4) is 0 Å². The van der Waals surface area contributed by atoms with Crippen LogP contribution in [0.1, 0.15) is 47.0 Å². The second-order valence-electron chi connectivity index (χ2n) is 4.32. The molecule has 0 aliphatic heterocycles. The highest BCUT2D eigenvalue weighted by molar-refractivity contribution is 5.81. The summed E-state index contributed by atoms with van der Waals surface area (Å²) in [4.78, 5) is 11.8. The molecule has 0 radical (unpaired) electrons. The third kappa shape index (κ3) is 6.08. The number of aliphatic hydroxyl groups is 1. The minimum atomic E-state index is -0.206. The smallest absolute Gasteiger partial charge is 0.237 e. The molecule has 0 bridgehead atoms. The first-order valence-electron chi connectivity index (χ1n) is 6.22. The molecule has 0 aromatic rings. The molecule has 0 spiro atoms. The number of aliphatic hydroxyl groups excluding tert-OH is 1. The van der Waals surface area contributed by atoms with Gasteiger partial charge in [-0.05, 0) is 33.1 Å². The van der Waals surface area contributed by atoms with Crippen LogP contribution in [0.2, 0.25) is 0 Å². The molecule has 3 N–H and O–H groups in total. The van der Waals surface area contributed by atoms with Crippen LogP contribution in [0.5, 0.6) is 0 Å². The normalized spacial score (nSPS) is 14.9. The van der Waals surface area contributed by atoms with E-state index in [4.69, 9.17) is 5.11 Å². The van der Waals surface area contributed by atoms with E-state index in [2.05, 4.69) is 24.5 Å². The van der Waals surface area contributed by atoms with Crippen molar-refractivity contribution in [3.05, 3.63) is 0 Å². The highest BCUT2D eigenvalue weighted by atomic mass is 16.3. The number of hydrogen-bond acceptors (Lipinski definition) is 3. The van der Waals surface area contributed by atoms with Crippen molar-refractivity contribution in [1.82, 2.24) is 10.6 Å². The van der Waals surface area contributed by atoms with Crippen LogP contribution in [-0.4, -0.2) is 35.7 Å². The summed E-state index contributed by atoms with van der Waals surface area (Å²) in [5.41, 5.74) is 0. The predicted molar refractivity (Wildman–Crippen MR) is 66.3 cm³/mol. The van der Waals surface area contributed by atoms with Gasteiger partial charge in [-0.3, -0.25) is 4.79 Å². The van der Waals surface area contributed by atoms with E-state index in [1.165, 1.54) is 0 Å². The molecule has 0 rings (SSSR count). The Hall–Kier alpha value is -0.610. The minimum Gasteiger partial charge on any atom is -0.396 e. The maximum absolute atomic E-state index is 11.8. The zero-order valence-corrected chi connectivity index (χ0v) is 10.9. The lowest BCUT2D eigenvalue weighted by Gasteiger charge is -2.22. The number of hydrogen-bond donors (Lipinski definition) is 3. The number of amides is 1. The van der Waals surface area contributed by atoms with Crippen LogP contribution in [0.15, 0.2) is 0 Å². The molecule has 0 aliphatic carbocycles. The molecular formula is C12H26N2O2. The van der Waals surface area contributed by atoms with Crippen molar-refractivity contribution in [3.63, 3.8) is 0 Å². The van der Waals surface area contributed by atoms with Crippen LogP contribution < -0.4 is 10.6 Å². The Morgan fingerprint density at radius 3 is 2.25 bits per heavy atom.